The van der Waals surface area contributed by atoms with Crippen LogP contribution in [0.3, 0.4) is 0 Å². The third kappa shape index (κ3) is 2.99. The van der Waals surface area contributed by atoms with E-state index in [1.807, 2.05) is 24.4 Å². The fraction of sp³-hybridized carbons (Fsp3) is 0.0455. The lowest BCUT2D eigenvalue weighted by Crippen LogP contribution is -1.92. The molecule has 1 aromatic heterocycles. The third-order valence-corrected chi connectivity index (χ3v) is 4.19. The van der Waals surface area contributed by atoms with Gasteiger partial charge in [-0.15, -0.1) is 0 Å². The smallest absolute Gasteiger partial charge is 0.137 e. The van der Waals surface area contributed by atoms with Crippen molar-refractivity contribution in [1.82, 2.24) is 9.97 Å². The molecule has 0 fully saturated rings. The summed E-state index contributed by atoms with van der Waals surface area (Å²) < 4.78 is 0. The Morgan fingerprint density at radius 2 is 1.58 bits per heavy atom. The van der Waals surface area contributed by atoms with E-state index in [9.17, 15) is 0 Å². The molecule has 24 heavy (non-hydrogen) atoms. The number of hydrogen-bond acceptors (Lipinski definition) is 1. The second-order valence-electron chi connectivity index (χ2n) is 5.81. The molecule has 3 aromatic rings. The predicted octanol–water partition coefficient (Wildman–Crippen LogP) is 5.46. The van der Waals surface area contributed by atoms with Gasteiger partial charge < -0.3 is 4.98 Å². The van der Waals surface area contributed by atoms with Crippen molar-refractivity contribution in [2.45, 2.75) is 5.92 Å². The van der Waals surface area contributed by atoms with Crippen LogP contribution in [0.15, 0.2) is 85.1 Å². The number of hydrogen-bond donors (Lipinski definition) is 1. The summed E-state index contributed by atoms with van der Waals surface area (Å²) in [5.74, 6) is 1.26. The lowest BCUT2D eigenvalue weighted by Gasteiger charge is -2.09. The monoisotopic (exact) mass is 310 g/mol. The predicted molar refractivity (Wildman–Crippen MR) is 100 cm³/mol. The van der Waals surface area contributed by atoms with Gasteiger partial charge in [-0.1, -0.05) is 85.0 Å². The lowest BCUT2D eigenvalue weighted by molar-refractivity contribution is 1.10. The topological polar surface area (TPSA) is 28.7 Å². The zero-order chi connectivity index (χ0) is 16.2. The van der Waals surface area contributed by atoms with E-state index >= 15 is 0 Å². The molecule has 0 unspecified atom stereocenters. The van der Waals surface area contributed by atoms with E-state index in [2.05, 4.69) is 82.8 Å². The highest BCUT2D eigenvalue weighted by Gasteiger charge is 2.09. The van der Waals surface area contributed by atoms with Crippen molar-refractivity contribution in [2.75, 3.05) is 0 Å². The van der Waals surface area contributed by atoms with Crippen molar-refractivity contribution in [1.29, 1.82) is 0 Å². The summed E-state index contributed by atoms with van der Waals surface area (Å²) in [4.78, 5) is 7.83. The number of aromatic nitrogens is 2. The Morgan fingerprint density at radius 1 is 0.833 bits per heavy atom. The van der Waals surface area contributed by atoms with Crippen molar-refractivity contribution < 1.29 is 0 Å². The maximum Gasteiger partial charge on any atom is 0.137 e. The Morgan fingerprint density at radius 3 is 2.42 bits per heavy atom. The van der Waals surface area contributed by atoms with Crippen molar-refractivity contribution in [3.8, 4) is 11.4 Å². The van der Waals surface area contributed by atoms with Crippen molar-refractivity contribution in [2.24, 2.45) is 0 Å². The van der Waals surface area contributed by atoms with Gasteiger partial charge in [0.15, 0.2) is 0 Å². The average molecular weight is 310 g/mol. The van der Waals surface area contributed by atoms with Crippen molar-refractivity contribution in [3.63, 3.8) is 0 Å². The average Bonchev–Trinajstić information content (AvgIpc) is 3.33. The minimum absolute atomic E-state index is 0.368. The Kier molecular flexibility index (Phi) is 3.95. The Labute approximate surface area is 141 Å². The second-order valence-corrected chi connectivity index (χ2v) is 5.81. The van der Waals surface area contributed by atoms with E-state index in [1.54, 1.807) is 0 Å². The molecule has 4 rings (SSSR count). The molecular weight excluding hydrogens is 292 g/mol. The van der Waals surface area contributed by atoms with Gasteiger partial charge in [-0.25, -0.2) is 4.98 Å². The van der Waals surface area contributed by atoms with Crippen LogP contribution in [0.1, 0.15) is 22.7 Å². The van der Waals surface area contributed by atoms with Crippen LogP contribution < -0.4 is 0 Å². The molecule has 1 N–H and O–H groups in total. The first-order valence-corrected chi connectivity index (χ1v) is 8.12. The normalized spacial score (nSPS) is 14.0. The van der Waals surface area contributed by atoms with E-state index in [-0.39, 0.29) is 0 Å². The quantitative estimate of drug-likeness (QED) is 0.681. The standard InChI is InChI=1S/C22H18N2/c1-2-11-19(12-3-1)22-23-16-20(24-22)15-14-18-10-6-7-13-21(18)17-8-4-5-9-17/h1-17H,(H,23,24)/b15-14+. The van der Waals surface area contributed by atoms with Crippen LogP contribution >= 0.6 is 0 Å². The summed E-state index contributed by atoms with van der Waals surface area (Å²) >= 11 is 0. The summed E-state index contributed by atoms with van der Waals surface area (Å²) in [6.07, 6.45) is 14.8. The summed E-state index contributed by atoms with van der Waals surface area (Å²) in [7, 11) is 0. The van der Waals surface area contributed by atoms with Gasteiger partial charge in [0, 0.05) is 11.5 Å². The minimum Gasteiger partial charge on any atom is -0.338 e. The largest absolute Gasteiger partial charge is 0.338 e. The molecule has 0 saturated heterocycles. The van der Waals surface area contributed by atoms with Gasteiger partial charge >= 0.3 is 0 Å². The van der Waals surface area contributed by atoms with Gasteiger partial charge in [-0.3, -0.25) is 0 Å². The number of H-pyrrole nitrogens is 1. The maximum absolute atomic E-state index is 4.47. The van der Waals surface area contributed by atoms with Crippen LogP contribution in [0.4, 0.5) is 0 Å². The molecule has 2 nitrogen and oxygen atoms in total. The molecular formula is C22H18N2. The Balaban J connectivity index is 1.59. The fourth-order valence-corrected chi connectivity index (χ4v) is 2.95. The Hall–Kier alpha value is -3.13. The number of nitrogens with one attached hydrogen (secondary N) is 1. The number of imidazole rings is 1. The number of aromatic amines is 1. The van der Waals surface area contributed by atoms with Crippen LogP contribution in [0.5, 0.6) is 0 Å². The van der Waals surface area contributed by atoms with Crippen molar-refractivity contribution >= 4 is 12.2 Å². The molecule has 0 spiro atoms. The number of nitrogens with zero attached hydrogens (tertiary/aromatic N) is 1. The molecule has 0 aliphatic heterocycles. The van der Waals surface area contributed by atoms with Crippen LogP contribution in [-0.2, 0) is 0 Å². The summed E-state index contributed by atoms with van der Waals surface area (Å²) in [5.41, 5.74) is 4.65. The zero-order valence-corrected chi connectivity index (χ0v) is 13.3. The van der Waals surface area contributed by atoms with Gasteiger partial charge in [0.1, 0.15) is 5.82 Å². The lowest BCUT2D eigenvalue weighted by atomic mass is 9.95. The number of rotatable bonds is 4. The van der Waals surface area contributed by atoms with E-state index in [0.717, 1.165) is 17.1 Å². The highest BCUT2D eigenvalue weighted by molar-refractivity contribution is 5.71. The fourth-order valence-electron chi connectivity index (χ4n) is 2.95. The molecule has 0 saturated carbocycles. The molecule has 0 amide bonds. The van der Waals surface area contributed by atoms with Gasteiger partial charge in [0.05, 0.1) is 11.9 Å². The van der Waals surface area contributed by atoms with E-state index in [4.69, 9.17) is 0 Å². The first kappa shape index (κ1) is 14.5. The van der Waals surface area contributed by atoms with E-state index in [1.165, 1.54) is 11.1 Å². The summed E-state index contributed by atoms with van der Waals surface area (Å²) in [6.45, 7) is 0. The van der Waals surface area contributed by atoms with Gasteiger partial charge in [-0.05, 0) is 17.2 Å². The van der Waals surface area contributed by atoms with Gasteiger partial charge in [-0.2, -0.15) is 0 Å². The molecule has 1 heterocycles. The molecule has 0 radical (unpaired) electrons. The maximum atomic E-state index is 4.47. The molecule has 0 bridgehead atoms. The number of allylic oxidation sites excluding steroid dienone is 4. The zero-order valence-electron chi connectivity index (χ0n) is 13.3. The Bertz CT molecular complexity index is 902. The molecule has 1 aliphatic rings. The molecule has 2 heteroatoms. The summed E-state index contributed by atoms with van der Waals surface area (Å²) in [6, 6.07) is 18.7. The number of benzene rings is 2. The SMILES string of the molecule is C1=CC(c2ccccc2/C=C/c2cnc(-c3ccccc3)[nH]2)C=C1. The van der Waals surface area contributed by atoms with Gasteiger partial charge in [0.2, 0.25) is 0 Å². The third-order valence-electron chi connectivity index (χ3n) is 4.19. The van der Waals surface area contributed by atoms with Crippen LogP contribution in [-0.4, -0.2) is 9.97 Å². The molecule has 116 valence electrons. The van der Waals surface area contributed by atoms with Crippen LogP contribution in [0.25, 0.3) is 23.5 Å². The second kappa shape index (κ2) is 6.55. The first-order valence-electron chi connectivity index (χ1n) is 8.12. The molecule has 1 aliphatic carbocycles. The molecule has 2 aromatic carbocycles. The highest BCUT2D eigenvalue weighted by atomic mass is 14.9. The molecule has 0 atom stereocenters. The van der Waals surface area contributed by atoms with Gasteiger partial charge in [0.25, 0.3) is 0 Å². The first-order chi connectivity index (χ1) is 11.9. The summed E-state index contributed by atoms with van der Waals surface area (Å²) in [5, 5.41) is 0. The van der Waals surface area contributed by atoms with Crippen molar-refractivity contribution in [3.05, 3.63) is 102 Å². The highest BCUT2D eigenvalue weighted by Crippen LogP contribution is 2.27. The van der Waals surface area contributed by atoms with E-state index < -0.39 is 0 Å². The van der Waals surface area contributed by atoms with E-state index in [0.29, 0.717) is 5.92 Å². The van der Waals surface area contributed by atoms with Crippen LogP contribution in [0.2, 0.25) is 0 Å². The minimum atomic E-state index is 0.368. The van der Waals surface area contributed by atoms with Crippen LogP contribution in [0, 0.1) is 0 Å².